The highest BCUT2D eigenvalue weighted by atomic mass is 35.5. The molecule has 0 aliphatic heterocycles. The normalized spacial score (nSPS) is 18.9. The number of carbonyl (C=O) groups is 1. The summed E-state index contributed by atoms with van der Waals surface area (Å²) in [6, 6.07) is 1.34. The van der Waals surface area contributed by atoms with Crippen LogP contribution in [0.1, 0.15) is 49.9 Å². The lowest BCUT2D eigenvalue weighted by molar-refractivity contribution is 0.0634. The Hall–Kier alpha value is -1.16. The van der Waals surface area contributed by atoms with Crippen LogP contribution in [0.5, 0.6) is 0 Å². The summed E-state index contributed by atoms with van der Waals surface area (Å²) in [5.41, 5.74) is 0.484. The molecule has 1 saturated carbocycles. The van der Waals surface area contributed by atoms with Crippen molar-refractivity contribution in [2.45, 2.75) is 45.6 Å². The third kappa shape index (κ3) is 3.29. The van der Waals surface area contributed by atoms with Crippen molar-refractivity contribution in [3.05, 3.63) is 28.8 Å². The van der Waals surface area contributed by atoms with E-state index in [1.165, 1.54) is 0 Å². The zero-order valence-electron chi connectivity index (χ0n) is 12.1. The van der Waals surface area contributed by atoms with Crippen molar-refractivity contribution >= 4 is 17.5 Å². The van der Waals surface area contributed by atoms with Gasteiger partial charge in [-0.15, -0.1) is 0 Å². The predicted molar refractivity (Wildman–Crippen MR) is 77.3 cm³/mol. The fourth-order valence-corrected chi connectivity index (χ4v) is 2.88. The molecule has 5 heteroatoms. The van der Waals surface area contributed by atoms with Gasteiger partial charge in [0.05, 0.1) is 11.8 Å². The number of pyridine rings is 1. The molecule has 1 aromatic rings. The highest BCUT2D eigenvalue weighted by Crippen LogP contribution is 2.37. The van der Waals surface area contributed by atoms with Crippen molar-refractivity contribution in [1.29, 1.82) is 0 Å². The van der Waals surface area contributed by atoms with Crippen LogP contribution in [-0.2, 0) is 0 Å². The predicted octanol–water partition coefficient (Wildman–Crippen LogP) is 3.91. The molecule has 1 aromatic heterocycles. The zero-order chi connectivity index (χ0) is 14.9. The molecule has 1 heterocycles. The van der Waals surface area contributed by atoms with E-state index in [9.17, 15) is 9.18 Å². The van der Waals surface area contributed by atoms with Crippen molar-refractivity contribution in [1.82, 2.24) is 9.88 Å². The highest BCUT2D eigenvalue weighted by molar-refractivity contribution is 6.32. The first-order valence-electron chi connectivity index (χ1n) is 6.88. The van der Waals surface area contributed by atoms with Crippen LogP contribution in [0.2, 0.25) is 5.15 Å². The first-order valence-corrected chi connectivity index (χ1v) is 7.26. The number of carbonyl (C=O) groups excluding carboxylic acids is 1. The maximum absolute atomic E-state index is 13.2. The molecule has 0 bridgehead atoms. The monoisotopic (exact) mass is 298 g/mol. The van der Waals surface area contributed by atoms with Gasteiger partial charge in [0.15, 0.2) is 0 Å². The number of amides is 1. The van der Waals surface area contributed by atoms with Crippen LogP contribution in [0.15, 0.2) is 12.3 Å². The minimum absolute atomic E-state index is 0.0550. The van der Waals surface area contributed by atoms with Gasteiger partial charge in [-0.3, -0.25) is 4.79 Å². The molecule has 1 aliphatic rings. The lowest BCUT2D eigenvalue weighted by atomic mass is 9.75. The highest BCUT2D eigenvalue weighted by Gasteiger charge is 2.31. The number of halogens is 2. The SMILES string of the molecule is CN(C(=O)c1cc(F)cnc1Cl)C1CCC(C)(C)CC1. The van der Waals surface area contributed by atoms with E-state index in [-0.39, 0.29) is 22.7 Å². The Bertz CT molecular complexity index is 509. The van der Waals surface area contributed by atoms with Crippen molar-refractivity contribution in [3.63, 3.8) is 0 Å². The van der Waals surface area contributed by atoms with Gasteiger partial charge in [0.2, 0.25) is 0 Å². The molecular formula is C15H20ClFN2O. The van der Waals surface area contributed by atoms with Gasteiger partial charge >= 0.3 is 0 Å². The fourth-order valence-electron chi connectivity index (χ4n) is 2.70. The molecule has 0 atom stereocenters. The summed E-state index contributed by atoms with van der Waals surface area (Å²) in [6.45, 7) is 4.50. The standard InChI is InChI=1S/C15H20ClFN2O/c1-15(2)6-4-11(5-7-15)19(3)14(20)12-8-10(17)9-18-13(12)16/h8-9,11H,4-7H2,1-3H3. The van der Waals surface area contributed by atoms with Crippen LogP contribution in [0, 0.1) is 11.2 Å². The molecule has 2 rings (SSSR count). The molecule has 3 nitrogen and oxygen atoms in total. The van der Waals surface area contributed by atoms with Crippen LogP contribution < -0.4 is 0 Å². The summed E-state index contributed by atoms with van der Waals surface area (Å²) >= 11 is 5.89. The van der Waals surface area contributed by atoms with Gasteiger partial charge in [-0.1, -0.05) is 25.4 Å². The third-order valence-electron chi connectivity index (χ3n) is 4.21. The Kier molecular flexibility index (Phi) is 4.33. The smallest absolute Gasteiger partial charge is 0.257 e. The molecule has 0 radical (unpaired) electrons. The van der Waals surface area contributed by atoms with E-state index in [0.29, 0.717) is 5.41 Å². The van der Waals surface area contributed by atoms with Gasteiger partial charge in [0.25, 0.3) is 5.91 Å². The molecule has 0 aromatic carbocycles. The van der Waals surface area contributed by atoms with Crippen molar-refractivity contribution < 1.29 is 9.18 Å². The summed E-state index contributed by atoms with van der Waals surface area (Å²) in [5.74, 6) is -0.803. The van der Waals surface area contributed by atoms with Gasteiger partial charge < -0.3 is 4.90 Å². The summed E-state index contributed by atoms with van der Waals surface area (Å²) in [7, 11) is 1.76. The topological polar surface area (TPSA) is 33.2 Å². The Morgan fingerprint density at radius 1 is 1.45 bits per heavy atom. The van der Waals surface area contributed by atoms with Crippen LogP contribution in [-0.4, -0.2) is 28.9 Å². The van der Waals surface area contributed by atoms with Crippen molar-refractivity contribution in [3.8, 4) is 0 Å². The molecule has 1 aliphatic carbocycles. The maximum Gasteiger partial charge on any atom is 0.257 e. The third-order valence-corrected chi connectivity index (χ3v) is 4.51. The second-order valence-electron chi connectivity index (χ2n) is 6.30. The summed E-state index contributed by atoms with van der Waals surface area (Å²) in [6.07, 6.45) is 5.13. The van der Waals surface area contributed by atoms with E-state index in [0.717, 1.165) is 37.9 Å². The minimum Gasteiger partial charge on any atom is -0.339 e. The zero-order valence-corrected chi connectivity index (χ0v) is 12.9. The van der Waals surface area contributed by atoms with Gasteiger partial charge in [0, 0.05) is 13.1 Å². The van der Waals surface area contributed by atoms with Crippen LogP contribution >= 0.6 is 11.6 Å². The second kappa shape index (κ2) is 5.68. The van der Waals surface area contributed by atoms with E-state index in [1.54, 1.807) is 11.9 Å². The molecule has 1 fully saturated rings. The Labute approximate surface area is 124 Å². The molecule has 0 unspecified atom stereocenters. The first kappa shape index (κ1) is 15.2. The summed E-state index contributed by atoms with van der Waals surface area (Å²) in [4.78, 5) is 17.8. The largest absolute Gasteiger partial charge is 0.339 e. The van der Waals surface area contributed by atoms with Crippen LogP contribution in [0.3, 0.4) is 0 Å². The average Bonchev–Trinajstić information content (AvgIpc) is 2.40. The lowest BCUT2D eigenvalue weighted by Gasteiger charge is -2.38. The van der Waals surface area contributed by atoms with Crippen molar-refractivity contribution in [2.24, 2.45) is 5.41 Å². The minimum atomic E-state index is -0.545. The second-order valence-corrected chi connectivity index (χ2v) is 6.66. The van der Waals surface area contributed by atoms with Crippen LogP contribution in [0.25, 0.3) is 0 Å². The molecule has 0 N–H and O–H groups in total. The van der Waals surface area contributed by atoms with Gasteiger partial charge in [-0.05, 0) is 37.2 Å². The Morgan fingerprint density at radius 3 is 2.65 bits per heavy atom. The van der Waals surface area contributed by atoms with E-state index in [1.807, 2.05) is 0 Å². The van der Waals surface area contributed by atoms with Crippen LogP contribution in [0.4, 0.5) is 4.39 Å². The molecule has 0 saturated heterocycles. The number of hydrogen-bond donors (Lipinski definition) is 0. The molecule has 1 amide bonds. The quantitative estimate of drug-likeness (QED) is 0.776. The van der Waals surface area contributed by atoms with Crippen molar-refractivity contribution in [2.75, 3.05) is 7.05 Å². The number of aromatic nitrogens is 1. The molecule has 0 spiro atoms. The average molecular weight is 299 g/mol. The lowest BCUT2D eigenvalue weighted by Crippen LogP contribution is -2.41. The van der Waals surface area contributed by atoms with Gasteiger partial charge in [-0.2, -0.15) is 0 Å². The van der Waals surface area contributed by atoms with E-state index in [4.69, 9.17) is 11.6 Å². The van der Waals surface area contributed by atoms with E-state index >= 15 is 0 Å². The van der Waals surface area contributed by atoms with E-state index < -0.39 is 5.82 Å². The number of nitrogens with zero attached hydrogens (tertiary/aromatic N) is 2. The molecule has 20 heavy (non-hydrogen) atoms. The Morgan fingerprint density at radius 2 is 2.05 bits per heavy atom. The first-order chi connectivity index (χ1) is 9.30. The maximum atomic E-state index is 13.2. The Balaban J connectivity index is 2.11. The summed E-state index contributed by atoms with van der Waals surface area (Å²) in [5, 5.41) is 0.0550. The summed E-state index contributed by atoms with van der Waals surface area (Å²) < 4.78 is 13.2. The fraction of sp³-hybridized carbons (Fsp3) is 0.600. The number of rotatable bonds is 2. The number of hydrogen-bond acceptors (Lipinski definition) is 2. The van der Waals surface area contributed by atoms with E-state index in [2.05, 4.69) is 18.8 Å². The molecular weight excluding hydrogens is 279 g/mol. The molecule has 110 valence electrons. The van der Waals surface area contributed by atoms with Gasteiger partial charge in [0.1, 0.15) is 11.0 Å². The van der Waals surface area contributed by atoms with Gasteiger partial charge in [-0.25, -0.2) is 9.37 Å².